The second kappa shape index (κ2) is 4.62. The maximum absolute atomic E-state index is 5.55. The van der Waals surface area contributed by atoms with Crippen molar-refractivity contribution in [3.05, 3.63) is 10.4 Å². The van der Waals surface area contributed by atoms with Gasteiger partial charge in [0, 0.05) is 4.66 Å². The van der Waals surface area contributed by atoms with Gasteiger partial charge in [0.15, 0.2) is 0 Å². The summed E-state index contributed by atoms with van der Waals surface area (Å²) >= 11 is 38.5. The van der Waals surface area contributed by atoms with Crippen LogP contribution < -0.4 is 0 Å². The predicted octanol–water partition coefficient (Wildman–Crippen LogP) is 4.50. The smallest absolute Gasteiger partial charge is 0.121 e. The van der Waals surface area contributed by atoms with Gasteiger partial charge in [-0.3, -0.25) is 0 Å². The molecule has 0 fully saturated rings. The Morgan fingerprint density at radius 2 is 1.27 bits per heavy atom. The third kappa shape index (κ3) is 7.29. The average molecular weight is 329 g/mol. The highest BCUT2D eigenvalue weighted by Crippen LogP contribution is 2.35. The Kier molecular flexibility index (Phi) is 5.55. The van der Waals surface area contributed by atoms with Gasteiger partial charge in [-0.25, -0.2) is 0 Å². The molecular formula is C2HCl7Si2. The summed E-state index contributed by atoms with van der Waals surface area (Å²) in [6.45, 7) is 0. The second-order valence-corrected chi connectivity index (χ2v) is 19.1. The first-order valence-electron chi connectivity index (χ1n) is 2.15. The highest BCUT2D eigenvalue weighted by molar-refractivity contribution is 7.70. The van der Waals surface area contributed by atoms with E-state index in [1.54, 1.807) is 0 Å². The molecule has 0 nitrogen and oxygen atoms in total. The summed E-state index contributed by atoms with van der Waals surface area (Å²) in [7, 11) is 0. The van der Waals surface area contributed by atoms with Crippen LogP contribution in [-0.2, 0) is 0 Å². The van der Waals surface area contributed by atoms with E-state index >= 15 is 0 Å². The minimum atomic E-state index is -3.05. The first-order valence-corrected chi connectivity index (χ1v) is 12.7. The van der Waals surface area contributed by atoms with Gasteiger partial charge >= 0.3 is 12.0 Å². The zero-order valence-electron chi connectivity index (χ0n) is 4.72. The second-order valence-electron chi connectivity index (χ2n) is 1.53. The van der Waals surface area contributed by atoms with Gasteiger partial charge in [0.1, 0.15) is 0 Å². The monoisotopic (exact) mass is 326 g/mol. The van der Waals surface area contributed by atoms with Gasteiger partial charge in [-0.1, -0.05) is 11.6 Å². The summed E-state index contributed by atoms with van der Waals surface area (Å²) < 4.78 is 0.0502. The summed E-state index contributed by atoms with van der Waals surface area (Å²) in [5, 5.41) is 0. The Balaban J connectivity index is 4.49. The van der Waals surface area contributed by atoms with Gasteiger partial charge in [-0.05, 0) is 5.70 Å². The maximum atomic E-state index is 5.55. The molecule has 0 N–H and O–H groups in total. The predicted molar refractivity (Wildman–Crippen MR) is 60.6 cm³/mol. The molecule has 66 valence electrons. The Labute approximate surface area is 99.5 Å². The van der Waals surface area contributed by atoms with Gasteiger partial charge < -0.3 is 0 Å². The molecule has 0 rings (SSSR count). The summed E-state index contributed by atoms with van der Waals surface area (Å²) in [5.74, 6) is 0. The molecule has 0 aliphatic rings. The van der Waals surface area contributed by atoms with E-state index in [4.69, 9.17) is 78.1 Å². The number of rotatable bonds is 2. The highest BCUT2D eigenvalue weighted by Gasteiger charge is 2.34. The zero-order valence-corrected chi connectivity index (χ0v) is 12.0. The van der Waals surface area contributed by atoms with E-state index < -0.39 is 12.0 Å². The maximum Gasteiger partial charge on any atom is 0.383 e. The lowest BCUT2D eigenvalue weighted by atomic mass is 11.2. The van der Waals surface area contributed by atoms with E-state index in [9.17, 15) is 0 Å². The minimum absolute atomic E-state index is 0.0502. The van der Waals surface area contributed by atoms with Crippen molar-refractivity contribution in [3.63, 3.8) is 0 Å². The quantitative estimate of drug-likeness (QED) is 0.517. The average Bonchev–Trinajstić information content (AvgIpc) is 1.56. The Bertz CT molecular complexity index is 162. The van der Waals surface area contributed by atoms with E-state index in [0.29, 0.717) is 0 Å². The Hall–Kier alpha value is 2.20. The van der Waals surface area contributed by atoms with Crippen molar-refractivity contribution in [2.45, 2.75) is 0 Å². The molecule has 0 radical (unpaired) electrons. The molecule has 0 aliphatic carbocycles. The van der Waals surface area contributed by atoms with Crippen LogP contribution in [0.4, 0.5) is 0 Å². The lowest BCUT2D eigenvalue weighted by Gasteiger charge is -2.07. The lowest BCUT2D eigenvalue weighted by Crippen LogP contribution is -2.15. The standard InChI is InChI=1S/C2HCl7Si2/c3-2(11(7,8)9)1-10(4,5)6/h1H. The van der Waals surface area contributed by atoms with Gasteiger partial charge in [0.05, 0.1) is 0 Å². The molecule has 0 atom stereocenters. The molecule has 11 heavy (non-hydrogen) atoms. The molecule has 0 spiro atoms. The van der Waals surface area contributed by atoms with Crippen molar-refractivity contribution < 1.29 is 0 Å². The fourth-order valence-electron chi connectivity index (χ4n) is 0.226. The Morgan fingerprint density at radius 3 is 1.36 bits per heavy atom. The van der Waals surface area contributed by atoms with Gasteiger partial charge in [-0.15, -0.1) is 66.5 Å². The van der Waals surface area contributed by atoms with Crippen LogP contribution in [0, 0.1) is 0 Å². The van der Waals surface area contributed by atoms with Crippen LogP contribution in [0.5, 0.6) is 0 Å². The zero-order chi connectivity index (χ0) is 9.28. The fourth-order valence-corrected chi connectivity index (χ4v) is 6.09. The van der Waals surface area contributed by atoms with Gasteiger partial charge in [0.25, 0.3) is 0 Å². The van der Waals surface area contributed by atoms with Crippen molar-refractivity contribution in [2.75, 3.05) is 0 Å². The van der Waals surface area contributed by atoms with Gasteiger partial charge in [0.2, 0.25) is 0 Å². The van der Waals surface area contributed by atoms with Crippen molar-refractivity contribution in [3.8, 4) is 0 Å². The van der Waals surface area contributed by atoms with Crippen LogP contribution in [0.3, 0.4) is 0 Å². The van der Waals surface area contributed by atoms with E-state index in [0.717, 1.165) is 0 Å². The van der Waals surface area contributed by atoms with E-state index in [-0.39, 0.29) is 4.66 Å². The highest BCUT2D eigenvalue weighted by atomic mass is 35.8. The van der Waals surface area contributed by atoms with Crippen LogP contribution >= 0.6 is 78.1 Å². The summed E-state index contributed by atoms with van der Waals surface area (Å²) in [5.41, 5.74) is 1.22. The topological polar surface area (TPSA) is 0 Å². The molecule has 0 saturated heterocycles. The largest absolute Gasteiger partial charge is 0.383 e. The van der Waals surface area contributed by atoms with Crippen molar-refractivity contribution in [1.29, 1.82) is 0 Å². The molecule has 0 aromatic heterocycles. The normalized spacial score (nSPS) is 15.4. The molecule has 9 heteroatoms. The van der Waals surface area contributed by atoms with Gasteiger partial charge in [-0.2, -0.15) is 0 Å². The molecule has 0 aromatic carbocycles. The molecule has 0 aromatic rings. The molecule has 0 unspecified atom stereocenters. The third-order valence-electron chi connectivity index (χ3n) is 0.561. The number of hydrogen-bond donors (Lipinski definition) is 0. The van der Waals surface area contributed by atoms with E-state index in [1.165, 1.54) is 5.70 Å². The van der Waals surface area contributed by atoms with Crippen molar-refractivity contribution >= 4 is 90.1 Å². The fraction of sp³-hybridized carbons (Fsp3) is 0. The molecular weight excluding hydrogens is 328 g/mol. The summed E-state index contributed by atoms with van der Waals surface area (Å²) in [6, 6.07) is -5.97. The SMILES string of the molecule is ClC(=C[Si](Cl)(Cl)Cl)[Si](Cl)(Cl)Cl. The molecule has 0 amide bonds. The molecule has 0 saturated carbocycles. The summed E-state index contributed by atoms with van der Waals surface area (Å²) in [4.78, 5) is 0. The minimum Gasteiger partial charge on any atom is -0.121 e. The van der Waals surface area contributed by atoms with Crippen LogP contribution in [-0.4, -0.2) is 12.0 Å². The first kappa shape index (κ1) is 13.2. The van der Waals surface area contributed by atoms with Crippen molar-refractivity contribution in [2.24, 2.45) is 0 Å². The molecule has 0 aliphatic heterocycles. The van der Waals surface area contributed by atoms with Crippen LogP contribution in [0.25, 0.3) is 0 Å². The van der Waals surface area contributed by atoms with Crippen LogP contribution in [0.1, 0.15) is 0 Å². The molecule has 0 bridgehead atoms. The van der Waals surface area contributed by atoms with E-state index in [2.05, 4.69) is 0 Å². The first-order chi connectivity index (χ1) is 4.63. The van der Waals surface area contributed by atoms with Crippen LogP contribution in [0.15, 0.2) is 10.4 Å². The number of hydrogen-bond acceptors (Lipinski definition) is 0. The number of halogens is 7. The molecule has 0 heterocycles. The third-order valence-corrected chi connectivity index (χ3v) is 6.98. The van der Waals surface area contributed by atoms with E-state index in [1.807, 2.05) is 0 Å². The Morgan fingerprint density at radius 1 is 0.909 bits per heavy atom. The van der Waals surface area contributed by atoms with Crippen LogP contribution in [0.2, 0.25) is 0 Å². The lowest BCUT2D eigenvalue weighted by molar-refractivity contribution is 2.27. The summed E-state index contributed by atoms with van der Waals surface area (Å²) in [6.07, 6.45) is 0. The van der Waals surface area contributed by atoms with Crippen molar-refractivity contribution in [1.82, 2.24) is 0 Å².